The fourth-order valence-electron chi connectivity index (χ4n) is 2.42. The van der Waals surface area contributed by atoms with Gasteiger partial charge in [0.25, 0.3) is 0 Å². The Kier molecular flexibility index (Phi) is 2.77. The number of hydrogen-bond donors (Lipinski definition) is 2. The minimum atomic E-state index is 0.173. The molecule has 2 nitrogen and oxygen atoms in total. The summed E-state index contributed by atoms with van der Waals surface area (Å²) in [7, 11) is 0. The molecule has 0 fully saturated rings. The van der Waals surface area contributed by atoms with Gasteiger partial charge in [0.2, 0.25) is 0 Å². The molecule has 0 aliphatic carbocycles. The molecule has 0 unspecified atom stereocenters. The molecule has 0 bridgehead atoms. The molecule has 1 aliphatic heterocycles. The Bertz CT molecular complexity index is 587. The summed E-state index contributed by atoms with van der Waals surface area (Å²) in [6, 6.07) is 17.1. The highest BCUT2D eigenvalue weighted by Crippen LogP contribution is 2.33. The summed E-state index contributed by atoms with van der Waals surface area (Å²) in [5.41, 5.74) is 5.18. The number of benzene rings is 2. The second kappa shape index (κ2) is 4.34. The zero-order valence-electron chi connectivity index (χ0n) is 11.7. The van der Waals surface area contributed by atoms with Gasteiger partial charge in [-0.1, -0.05) is 57.2 Å². The summed E-state index contributed by atoms with van der Waals surface area (Å²) in [5, 5.41) is 7.07. The monoisotopic (exact) mass is 250 g/mol. The van der Waals surface area contributed by atoms with Crippen molar-refractivity contribution in [3.63, 3.8) is 0 Å². The fraction of sp³-hybridized carbons (Fsp3) is 0.250. The lowest BCUT2D eigenvalue weighted by molar-refractivity contribution is 0.590. The first-order valence-electron chi connectivity index (χ1n) is 6.76. The van der Waals surface area contributed by atoms with Crippen LogP contribution in [0.1, 0.15) is 26.3 Å². The van der Waals surface area contributed by atoms with Gasteiger partial charge in [-0.15, -0.1) is 0 Å². The molecule has 1 aliphatic rings. The third kappa shape index (κ3) is 2.33. The predicted molar refractivity (Wildman–Crippen MR) is 84.2 cm³/mol. The maximum atomic E-state index is 3.55. The van der Waals surface area contributed by atoms with Crippen LogP contribution in [0.4, 0.5) is 11.4 Å². The van der Waals surface area contributed by atoms with Crippen molar-refractivity contribution in [2.24, 2.45) is 0 Å². The van der Waals surface area contributed by atoms with Gasteiger partial charge in [-0.25, -0.2) is 0 Å². The van der Waals surface area contributed by atoms with E-state index in [4.69, 9.17) is 0 Å². The second-order valence-corrected chi connectivity index (χ2v) is 6.14. The first-order valence-corrected chi connectivity index (χ1v) is 6.76. The van der Waals surface area contributed by atoms with Crippen LogP contribution < -0.4 is 15.9 Å². The molecule has 0 saturated heterocycles. The molecule has 19 heavy (non-hydrogen) atoms. The van der Waals surface area contributed by atoms with Crippen molar-refractivity contribution in [3.05, 3.63) is 54.1 Å². The van der Waals surface area contributed by atoms with Gasteiger partial charge in [-0.05, 0) is 28.6 Å². The number of nitrogens with one attached hydrogen (secondary N) is 2. The summed E-state index contributed by atoms with van der Waals surface area (Å²) in [5.74, 6) is 0. The highest BCUT2D eigenvalue weighted by molar-refractivity contribution is 6.80. The third-order valence-electron chi connectivity index (χ3n) is 3.62. The summed E-state index contributed by atoms with van der Waals surface area (Å²) in [6.07, 6.45) is 0. The highest BCUT2D eigenvalue weighted by Gasteiger charge is 2.27. The van der Waals surface area contributed by atoms with E-state index in [1.807, 2.05) is 6.07 Å². The van der Waals surface area contributed by atoms with Crippen LogP contribution in [0.25, 0.3) is 0 Å². The maximum Gasteiger partial charge on any atom is 0.406 e. The molecule has 0 atom stereocenters. The van der Waals surface area contributed by atoms with Crippen molar-refractivity contribution in [2.75, 3.05) is 10.5 Å². The molecule has 3 heteroatoms. The fourth-order valence-corrected chi connectivity index (χ4v) is 2.42. The van der Waals surface area contributed by atoms with E-state index in [0.29, 0.717) is 0 Å². The second-order valence-electron chi connectivity index (χ2n) is 6.14. The van der Waals surface area contributed by atoms with Gasteiger partial charge in [-0.3, -0.25) is 0 Å². The SMILES string of the molecule is CC(C)(C)c1ccc2c(c1)NB(c1ccccc1)N2. The molecular formula is C16H19BN2. The van der Waals surface area contributed by atoms with E-state index >= 15 is 0 Å². The topological polar surface area (TPSA) is 24.1 Å². The Balaban J connectivity index is 1.89. The number of rotatable bonds is 1. The summed E-state index contributed by atoms with van der Waals surface area (Å²) < 4.78 is 0. The van der Waals surface area contributed by atoms with Crippen molar-refractivity contribution >= 4 is 23.8 Å². The minimum absolute atomic E-state index is 0.173. The smallest absolute Gasteiger partial charge is 0.404 e. The molecule has 2 N–H and O–H groups in total. The third-order valence-corrected chi connectivity index (χ3v) is 3.62. The molecule has 1 heterocycles. The van der Waals surface area contributed by atoms with Crippen molar-refractivity contribution in [2.45, 2.75) is 26.2 Å². The van der Waals surface area contributed by atoms with E-state index in [1.165, 1.54) is 22.4 Å². The van der Waals surface area contributed by atoms with E-state index in [-0.39, 0.29) is 12.4 Å². The molecule has 96 valence electrons. The van der Waals surface area contributed by atoms with Crippen molar-refractivity contribution in [1.29, 1.82) is 0 Å². The standard InChI is InChI=1S/C16H19BN2/c1-16(2,3)12-9-10-14-15(11-12)19-17(18-14)13-7-5-4-6-8-13/h4-11,18-19H,1-3H3. The van der Waals surface area contributed by atoms with E-state index in [1.54, 1.807) is 0 Å². The molecule has 2 aromatic carbocycles. The van der Waals surface area contributed by atoms with Gasteiger partial charge in [0, 0.05) is 11.4 Å². The minimum Gasteiger partial charge on any atom is -0.404 e. The van der Waals surface area contributed by atoms with Crippen LogP contribution in [0, 0.1) is 0 Å². The van der Waals surface area contributed by atoms with Crippen LogP contribution in [-0.2, 0) is 5.41 Å². The van der Waals surface area contributed by atoms with Crippen LogP contribution in [0.3, 0.4) is 0 Å². The average Bonchev–Trinajstić information content (AvgIpc) is 2.81. The normalized spacial score (nSPS) is 13.7. The van der Waals surface area contributed by atoms with Gasteiger partial charge >= 0.3 is 6.98 Å². The number of anilines is 2. The Morgan fingerprint density at radius 2 is 1.53 bits per heavy atom. The molecular weight excluding hydrogens is 231 g/mol. The first-order chi connectivity index (χ1) is 9.04. The van der Waals surface area contributed by atoms with Crippen LogP contribution in [0.15, 0.2) is 48.5 Å². The summed E-state index contributed by atoms with van der Waals surface area (Å²) in [6.45, 7) is 6.90. The van der Waals surface area contributed by atoms with E-state index in [2.05, 4.69) is 73.7 Å². The number of hydrogen-bond acceptors (Lipinski definition) is 2. The molecule has 0 amide bonds. The van der Waals surface area contributed by atoms with Crippen molar-refractivity contribution < 1.29 is 0 Å². The van der Waals surface area contributed by atoms with Gasteiger partial charge in [0.05, 0.1) is 0 Å². The van der Waals surface area contributed by atoms with Crippen molar-refractivity contribution in [3.8, 4) is 0 Å². The van der Waals surface area contributed by atoms with Gasteiger partial charge in [-0.2, -0.15) is 0 Å². The van der Waals surface area contributed by atoms with Gasteiger partial charge in [0.15, 0.2) is 0 Å². The Morgan fingerprint density at radius 3 is 2.21 bits per heavy atom. The molecule has 0 aromatic heterocycles. The Hall–Kier alpha value is -1.90. The van der Waals surface area contributed by atoms with Gasteiger partial charge in [0.1, 0.15) is 0 Å². The average molecular weight is 250 g/mol. The maximum absolute atomic E-state index is 3.55. The number of fused-ring (bicyclic) bond motifs is 1. The lowest BCUT2D eigenvalue weighted by atomic mass is 9.69. The zero-order chi connectivity index (χ0) is 13.5. The first kappa shape index (κ1) is 12.2. The summed E-state index contributed by atoms with van der Waals surface area (Å²) >= 11 is 0. The predicted octanol–water partition coefficient (Wildman–Crippen LogP) is 3.22. The highest BCUT2D eigenvalue weighted by atomic mass is 15.0. The van der Waals surface area contributed by atoms with E-state index in [0.717, 1.165) is 0 Å². The van der Waals surface area contributed by atoms with E-state index in [9.17, 15) is 0 Å². The van der Waals surface area contributed by atoms with Gasteiger partial charge < -0.3 is 10.5 Å². The zero-order valence-corrected chi connectivity index (χ0v) is 11.7. The summed E-state index contributed by atoms with van der Waals surface area (Å²) in [4.78, 5) is 0. The Morgan fingerprint density at radius 1 is 0.842 bits per heavy atom. The van der Waals surface area contributed by atoms with Crippen LogP contribution in [0.5, 0.6) is 0 Å². The quantitative estimate of drug-likeness (QED) is 0.759. The lowest BCUT2D eigenvalue weighted by Crippen LogP contribution is -2.41. The van der Waals surface area contributed by atoms with Crippen LogP contribution >= 0.6 is 0 Å². The van der Waals surface area contributed by atoms with Crippen LogP contribution in [0.2, 0.25) is 0 Å². The molecule has 3 rings (SSSR count). The lowest BCUT2D eigenvalue weighted by Gasteiger charge is -2.19. The van der Waals surface area contributed by atoms with Crippen LogP contribution in [-0.4, -0.2) is 6.98 Å². The van der Waals surface area contributed by atoms with E-state index < -0.39 is 0 Å². The molecule has 2 aromatic rings. The Labute approximate surface area is 115 Å². The molecule has 0 saturated carbocycles. The largest absolute Gasteiger partial charge is 0.406 e. The van der Waals surface area contributed by atoms with Crippen molar-refractivity contribution in [1.82, 2.24) is 0 Å². The molecule has 0 radical (unpaired) electrons. The molecule has 0 spiro atoms.